The monoisotopic (exact) mass is 408 g/mol. The van der Waals surface area contributed by atoms with E-state index in [-0.39, 0.29) is 24.2 Å². The highest BCUT2D eigenvalue weighted by atomic mass is 19.4. The fourth-order valence-electron chi connectivity index (χ4n) is 5.20. The summed E-state index contributed by atoms with van der Waals surface area (Å²) in [5.74, 6) is -0.485. The Morgan fingerprint density at radius 2 is 1.71 bits per heavy atom. The molecule has 2 saturated carbocycles. The number of esters is 1. The van der Waals surface area contributed by atoms with E-state index in [4.69, 9.17) is 4.74 Å². The van der Waals surface area contributed by atoms with Gasteiger partial charge in [0.2, 0.25) is 0 Å². The maximum Gasteiger partial charge on any atom is 0.416 e. The fraction of sp³-hybridized carbons (Fsp3) is 0.952. The Bertz CT molecular complexity index is 585. The van der Waals surface area contributed by atoms with Gasteiger partial charge in [0.15, 0.2) is 5.60 Å². The van der Waals surface area contributed by atoms with Crippen molar-refractivity contribution in [3.8, 4) is 0 Å². The zero-order chi connectivity index (χ0) is 21.7. The van der Waals surface area contributed by atoms with Gasteiger partial charge in [0.1, 0.15) is 5.60 Å². The number of fused-ring (bicyclic) bond motifs is 2. The van der Waals surface area contributed by atoms with Crippen molar-refractivity contribution in [1.82, 2.24) is 0 Å². The molecule has 0 aliphatic heterocycles. The molecule has 2 fully saturated rings. The molecule has 0 saturated heterocycles. The molecule has 2 bridgehead atoms. The lowest BCUT2D eigenvalue weighted by molar-refractivity contribution is -0.260. The zero-order valence-corrected chi connectivity index (χ0v) is 17.8. The molecule has 2 aliphatic rings. The van der Waals surface area contributed by atoms with Crippen molar-refractivity contribution in [3.05, 3.63) is 0 Å². The molecule has 4 nitrogen and oxygen atoms in total. The van der Waals surface area contributed by atoms with Gasteiger partial charge in [0, 0.05) is 5.92 Å². The van der Waals surface area contributed by atoms with E-state index >= 15 is 0 Å². The third-order valence-electron chi connectivity index (χ3n) is 7.59. The SMILES string of the molecule is CCC(C)(C(=O)OC(C)(C)C1CC2CC(CC(C)(O)C(F)(F)F)C1C2)C(C)O. The lowest BCUT2D eigenvalue weighted by Crippen LogP contribution is -2.49. The largest absolute Gasteiger partial charge is 0.459 e. The molecule has 164 valence electrons. The molecule has 0 spiro atoms. The minimum atomic E-state index is -4.66. The van der Waals surface area contributed by atoms with E-state index < -0.39 is 34.9 Å². The molecule has 0 aromatic heterocycles. The van der Waals surface area contributed by atoms with E-state index in [0.29, 0.717) is 18.8 Å². The predicted molar refractivity (Wildman–Crippen MR) is 99.4 cm³/mol. The van der Waals surface area contributed by atoms with Crippen LogP contribution in [0, 0.1) is 29.1 Å². The van der Waals surface area contributed by atoms with Gasteiger partial charge in [-0.2, -0.15) is 13.2 Å². The maximum atomic E-state index is 13.1. The van der Waals surface area contributed by atoms with Crippen LogP contribution >= 0.6 is 0 Å². The van der Waals surface area contributed by atoms with E-state index in [1.54, 1.807) is 13.8 Å². The van der Waals surface area contributed by atoms with Crippen LogP contribution < -0.4 is 0 Å². The lowest BCUT2D eigenvalue weighted by Gasteiger charge is -2.43. The quantitative estimate of drug-likeness (QED) is 0.610. The third kappa shape index (κ3) is 4.20. The molecule has 0 aromatic rings. The predicted octanol–water partition coefficient (Wildman–Crippen LogP) is 4.47. The van der Waals surface area contributed by atoms with Gasteiger partial charge < -0.3 is 14.9 Å². The molecule has 2 N–H and O–H groups in total. The van der Waals surface area contributed by atoms with Crippen LogP contribution in [0.2, 0.25) is 0 Å². The number of aliphatic hydroxyl groups excluding tert-OH is 1. The van der Waals surface area contributed by atoms with Crippen LogP contribution in [0.15, 0.2) is 0 Å². The number of carbonyl (C=O) groups excluding carboxylic acids is 1. The summed E-state index contributed by atoms with van der Waals surface area (Å²) in [6, 6.07) is 0. The first-order chi connectivity index (χ1) is 12.5. The fourth-order valence-corrected chi connectivity index (χ4v) is 5.20. The third-order valence-corrected chi connectivity index (χ3v) is 7.59. The van der Waals surface area contributed by atoms with E-state index in [2.05, 4.69) is 0 Å². The summed E-state index contributed by atoms with van der Waals surface area (Å²) in [4.78, 5) is 12.8. The number of hydrogen-bond acceptors (Lipinski definition) is 4. The molecule has 0 radical (unpaired) electrons. The Labute approximate surface area is 165 Å². The molecule has 7 heteroatoms. The Hall–Kier alpha value is -0.820. The van der Waals surface area contributed by atoms with Crippen molar-refractivity contribution in [2.45, 2.75) is 97.1 Å². The molecule has 7 atom stereocenters. The average molecular weight is 409 g/mol. The highest BCUT2D eigenvalue weighted by Gasteiger charge is 2.58. The van der Waals surface area contributed by atoms with Gasteiger partial charge in [-0.25, -0.2) is 0 Å². The Balaban J connectivity index is 2.14. The van der Waals surface area contributed by atoms with Crippen molar-refractivity contribution >= 4 is 5.97 Å². The summed E-state index contributed by atoms with van der Waals surface area (Å²) in [6.45, 7) is 9.51. The van der Waals surface area contributed by atoms with Crippen LogP contribution in [0.1, 0.15) is 73.6 Å². The number of alkyl halides is 3. The number of halogens is 3. The number of aliphatic hydroxyl groups is 2. The van der Waals surface area contributed by atoms with Crippen LogP contribution in [0.4, 0.5) is 13.2 Å². The van der Waals surface area contributed by atoms with Crippen LogP contribution in [0.3, 0.4) is 0 Å². The number of hydrogen-bond donors (Lipinski definition) is 2. The number of carbonyl (C=O) groups is 1. The number of ether oxygens (including phenoxy) is 1. The summed E-state index contributed by atoms with van der Waals surface area (Å²) in [5, 5.41) is 20.0. The van der Waals surface area contributed by atoms with E-state index in [0.717, 1.165) is 19.8 Å². The van der Waals surface area contributed by atoms with Crippen molar-refractivity contribution < 1.29 is 32.9 Å². The van der Waals surface area contributed by atoms with Crippen molar-refractivity contribution in [1.29, 1.82) is 0 Å². The van der Waals surface area contributed by atoms with Gasteiger partial charge in [-0.05, 0) is 84.5 Å². The second-order valence-corrected chi connectivity index (χ2v) is 10.0. The van der Waals surface area contributed by atoms with Crippen LogP contribution in [-0.4, -0.2) is 39.7 Å². The second-order valence-electron chi connectivity index (χ2n) is 10.0. The average Bonchev–Trinajstić information content (AvgIpc) is 3.12. The number of rotatable bonds is 7. The van der Waals surface area contributed by atoms with Gasteiger partial charge in [0.05, 0.1) is 11.5 Å². The highest BCUT2D eigenvalue weighted by Crippen LogP contribution is 2.58. The summed E-state index contributed by atoms with van der Waals surface area (Å²) in [7, 11) is 0. The molecular weight excluding hydrogens is 373 g/mol. The summed E-state index contributed by atoms with van der Waals surface area (Å²) in [6.07, 6.45) is -3.12. The molecule has 0 amide bonds. The minimum Gasteiger partial charge on any atom is -0.459 e. The van der Waals surface area contributed by atoms with E-state index in [1.807, 2.05) is 20.8 Å². The highest BCUT2D eigenvalue weighted by molar-refractivity contribution is 5.77. The van der Waals surface area contributed by atoms with Crippen molar-refractivity contribution in [2.75, 3.05) is 0 Å². The van der Waals surface area contributed by atoms with Crippen molar-refractivity contribution in [3.63, 3.8) is 0 Å². The Morgan fingerprint density at radius 3 is 2.14 bits per heavy atom. The summed E-state index contributed by atoms with van der Waals surface area (Å²) >= 11 is 0. The molecule has 7 unspecified atom stereocenters. The van der Waals surface area contributed by atoms with Crippen LogP contribution in [0.5, 0.6) is 0 Å². The standard InChI is InChI=1S/C21H35F3O4/c1-7-19(5,12(2)25)17(26)28-18(3,4)16-10-13-8-14(15(16)9-13)11-20(6,27)21(22,23)24/h12-16,25,27H,7-11H2,1-6H3. The molecule has 0 heterocycles. The molecule has 2 aliphatic carbocycles. The lowest BCUT2D eigenvalue weighted by atomic mass is 9.70. The summed E-state index contributed by atoms with van der Waals surface area (Å²) in [5.41, 5.74) is -4.57. The second kappa shape index (κ2) is 7.46. The molecular formula is C21H35F3O4. The Morgan fingerprint density at radius 1 is 1.14 bits per heavy atom. The van der Waals surface area contributed by atoms with Crippen molar-refractivity contribution in [2.24, 2.45) is 29.1 Å². The van der Waals surface area contributed by atoms with Gasteiger partial charge in [-0.1, -0.05) is 6.92 Å². The van der Waals surface area contributed by atoms with Gasteiger partial charge in [-0.15, -0.1) is 0 Å². The van der Waals surface area contributed by atoms with Gasteiger partial charge >= 0.3 is 12.1 Å². The normalized spacial score (nSPS) is 33.2. The van der Waals surface area contributed by atoms with E-state index in [9.17, 15) is 28.2 Å². The summed E-state index contributed by atoms with van der Waals surface area (Å²) < 4.78 is 45.3. The first-order valence-electron chi connectivity index (χ1n) is 10.3. The molecule has 28 heavy (non-hydrogen) atoms. The van der Waals surface area contributed by atoms with Gasteiger partial charge in [-0.3, -0.25) is 4.79 Å². The van der Waals surface area contributed by atoms with Crippen LogP contribution in [0.25, 0.3) is 0 Å². The molecule has 2 rings (SSSR count). The smallest absolute Gasteiger partial charge is 0.416 e. The maximum absolute atomic E-state index is 13.1. The first-order valence-corrected chi connectivity index (χ1v) is 10.3. The minimum absolute atomic E-state index is 0.0129. The Kier molecular flexibility index (Phi) is 6.25. The zero-order valence-electron chi connectivity index (χ0n) is 17.8. The van der Waals surface area contributed by atoms with E-state index in [1.165, 1.54) is 0 Å². The molecule has 0 aromatic carbocycles. The van der Waals surface area contributed by atoms with Crippen LogP contribution in [-0.2, 0) is 9.53 Å². The van der Waals surface area contributed by atoms with Gasteiger partial charge in [0.25, 0.3) is 0 Å². The first kappa shape index (κ1) is 23.5. The topological polar surface area (TPSA) is 66.8 Å².